The van der Waals surface area contributed by atoms with Gasteiger partial charge in [0.15, 0.2) is 5.13 Å². The number of pyridine rings is 1. The highest BCUT2D eigenvalue weighted by molar-refractivity contribution is 7.14. The maximum Gasteiger partial charge on any atom is 0.257 e. The summed E-state index contributed by atoms with van der Waals surface area (Å²) in [6, 6.07) is 3.63. The second kappa shape index (κ2) is 6.58. The van der Waals surface area contributed by atoms with E-state index in [1.165, 1.54) is 11.3 Å². The van der Waals surface area contributed by atoms with E-state index >= 15 is 0 Å². The maximum atomic E-state index is 12.1. The number of hydrogen-bond donors (Lipinski definition) is 2. The van der Waals surface area contributed by atoms with Gasteiger partial charge in [0.25, 0.3) is 5.91 Å². The molecule has 106 valence electrons. The predicted octanol–water partition coefficient (Wildman–Crippen LogP) is 2.77. The maximum absolute atomic E-state index is 12.1. The Kier molecular flexibility index (Phi) is 4.81. The Hall–Kier alpha value is -1.79. The first-order chi connectivity index (χ1) is 9.60. The number of carbonyl (C=O) groups is 1. The Labute approximate surface area is 122 Å². The van der Waals surface area contributed by atoms with Gasteiger partial charge in [-0.2, -0.15) is 0 Å². The summed E-state index contributed by atoms with van der Waals surface area (Å²) in [5.41, 5.74) is 2.35. The molecule has 2 aromatic heterocycles. The van der Waals surface area contributed by atoms with Gasteiger partial charge in [0.05, 0.1) is 5.69 Å². The van der Waals surface area contributed by atoms with Crippen LogP contribution in [-0.2, 0) is 0 Å². The van der Waals surface area contributed by atoms with Crippen molar-refractivity contribution in [2.75, 3.05) is 11.9 Å². The van der Waals surface area contributed by atoms with Gasteiger partial charge in [-0.05, 0) is 32.5 Å². The molecular formula is C14H18N4OS. The van der Waals surface area contributed by atoms with Crippen molar-refractivity contribution in [1.82, 2.24) is 15.3 Å². The van der Waals surface area contributed by atoms with E-state index < -0.39 is 0 Å². The standard InChI is InChI=1S/C14H18N4OS/c1-4-15-10(3)12-8-20-14(17-12)18-13(19)11-5-6-16-9(2)7-11/h5-8,10,15H,4H2,1-3H3,(H,17,18,19). The van der Waals surface area contributed by atoms with Gasteiger partial charge in [0.2, 0.25) is 0 Å². The molecule has 0 fully saturated rings. The lowest BCUT2D eigenvalue weighted by Gasteiger charge is -2.08. The van der Waals surface area contributed by atoms with Gasteiger partial charge in [-0.25, -0.2) is 4.98 Å². The number of amides is 1. The summed E-state index contributed by atoms with van der Waals surface area (Å²) in [4.78, 5) is 20.6. The molecule has 2 rings (SSSR count). The van der Waals surface area contributed by atoms with Crippen LogP contribution in [0.3, 0.4) is 0 Å². The zero-order valence-corrected chi connectivity index (χ0v) is 12.6. The Morgan fingerprint density at radius 3 is 3.00 bits per heavy atom. The van der Waals surface area contributed by atoms with E-state index in [4.69, 9.17) is 0 Å². The monoisotopic (exact) mass is 290 g/mol. The fourth-order valence-electron chi connectivity index (χ4n) is 1.81. The highest BCUT2D eigenvalue weighted by atomic mass is 32.1. The summed E-state index contributed by atoms with van der Waals surface area (Å²) >= 11 is 1.43. The Balaban J connectivity index is 2.05. The van der Waals surface area contributed by atoms with E-state index in [1.807, 2.05) is 12.3 Å². The molecule has 1 amide bonds. The van der Waals surface area contributed by atoms with Crippen molar-refractivity contribution in [2.24, 2.45) is 0 Å². The molecule has 0 bridgehead atoms. The summed E-state index contributed by atoms with van der Waals surface area (Å²) < 4.78 is 0. The van der Waals surface area contributed by atoms with E-state index in [0.29, 0.717) is 10.7 Å². The van der Waals surface area contributed by atoms with Crippen molar-refractivity contribution >= 4 is 22.4 Å². The molecule has 2 heterocycles. The quantitative estimate of drug-likeness (QED) is 0.888. The smallest absolute Gasteiger partial charge is 0.257 e. The van der Waals surface area contributed by atoms with Crippen LogP contribution in [-0.4, -0.2) is 22.4 Å². The zero-order valence-electron chi connectivity index (χ0n) is 11.8. The van der Waals surface area contributed by atoms with Crippen LogP contribution < -0.4 is 10.6 Å². The molecule has 0 radical (unpaired) electrons. The first-order valence-corrected chi connectivity index (χ1v) is 7.41. The molecule has 2 aromatic rings. The molecule has 0 aromatic carbocycles. The Morgan fingerprint density at radius 1 is 1.50 bits per heavy atom. The van der Waals surface area contributed by atoms with E-state index in [1.54, 1.807) is 18.3 Å². The molecule has 0 aliphatic carbocycles. The molecule has 1 atom stereocenters. The highest BCUT2D eigenvalue weighted by Gasteiger charge is 2.12. The molecule has 20 heavy (non-hydrogen) atoms. The van der Waals surface area contributed by atoms with Crippen molar-refractivity contribution in [3.63, 3.8) is 0 Å². The van der Waals surface area contributed by atoms with Gasteiger partial charge in [-0.3, -0.25) is 15.1 Å². The van der Waals surface area contributed by atoms with Crippen LogP contribution >= 0.6 is 11.3 Å². The molecule has 0 aliphatic rings. The minimum absolute atomic E-state index is 0.160. The molecule has 5 nitrogen and oxygen atoms in total. The Bertz CT molecular complexity index is 596. The normalized spacial score (nSPS) is 12.2. The zero-order chi connectivity index (χ0) is 14.5. The summed E-state index contributed by atoms with van der Waals surface area (Å²) in [6.07, 6.45) is 1.63. The van der Waals surface area contributed by atoms with Gasteiger partial charge < -0.3 is 5.32 Å². The third-order valence-corrected chi connectivity index (χ3v) is 3.63. The summed E-state index contributed by atoms with van der Waals surface area (Å²) in [6.45, 7) is 6.85. The van der Waals surface area contributed by atoms with Crippen LogP contribution in [0, 0.1) is 6.92 Å². The number of hydrogen-bond acceptors (Lipinski definition) is 5. The molecule has 0 aliphatic heterocycles. The predicted molar refractivity (Wildman–Crippen MR) is 81.1 cm³/mol. The van der Waals surface area contributed by atoms with Crippen molar-refractivity contribution < 1.29 is 4.79 Å². The second-order valence-corrected chi connectivity index (χ2v) is 5.36. The van der Waals surface area contributed by atoms with Crippen LogP contribution in [0.15, 0.2) is 23.7 Å². The van der Waals surface area contributed by atoms with Crippen molar-refractivity contribution in [3.8, 4) is 0 Å². The number of thiazole rings is 1. The second-order valence-electron chi connectivity index (χ2n) is 4.50. The average molecular weight is 290 g/mol. The van der Waals surface area contributed by atoms with Crippen LogP contribution in [0.25, 0.3) is 0 Å². The molecular weight excluding hydrogens is 272 g/mol. The minimum atomic E-state index is -0.160. The van der Waals surface area contributed by atoms with Crippen LogP contribution in [0.1, 0.15) is 41.6 Å². The van der Waals surface area contributed by atoms with Crippen LogP contribution in [0.4, 0.5) is 5.13 Å². The fourth-order valence-corrected chi connectivity index (χ4v) is 2.61. The minimum Gasteiger partial charge on any atom is -0.309 e. The SMILES string of the molecule is CCNC(C)c1csc(NC(=O)c2ccnc(C)c2)n1. The topological polar surface area (TPSA) is 66.9 Å². The van der Waals surface area contributed by atoms with E-state index in [0.717, 1.165) is 17.9 Å². The van der Waals surface area contributed by atoms with Crippen molar-refractivity contribution in [1.29, 1.82) is 0 Å². The largest absolute Gasteiger partial charge is 0.309 e. The number of anilines is 1. The number of rotatable bonds is 5. The highest BCUT2D eigenvalue weighted by Crippen LogP contribution is 2.21. The van der Waals surface area contributed by atoms with E-state index in [-0.39, 0.29) is 11.9 Å². The number of aromatic nitrogens is 2. The van der Waals surface area contributed by atoms with Gasteiger partial charge in [0, 0.05) is 28.9 Å². The summed E-state index contributed by atoms with van der Waals surface area (Å²) in [7, 11) is 0. The molecule has 0 saturated carbocycles. The van der Waals surface area contributed by atoms with E-state index in [9.17, 15) is 4.79 Å². The van der Waals surface area contributed by atoms with Gasteiger partial charge >= 0.3 is 0 Å². The first kappa shape index (κ1) is 14.6. The van der Waals surface area contributed by atoms with Crippen LogP contribution in [0.5, 0.6) is 0 Å². The molecule has 1 unspecified atom stereocenters. The first-order valence-electron chi connectivity index (χ1n) is 6.53. The summed E-state index contributed by atoms with van der Waals surface area (Å²) in [5.74, 6) is -0.160. The third-order valence-electron chi connectivity index (χ3n) is 2.86. The molecule has 2 N–H and O–H groups in total. The average Bonchev–Trinajstić information content (AvgIpc) is 2.87. The lowest BCUT2D eigenvalue weighted by atomic mass is 10.2. The van der Waals surface area contributed by atoms with Gasteiger partial charge in [0.1, 0.15) is 0 Å². The number of nitrogens with zero attached hydrogens (tertiary/aromatic N) is 2. The van der Waals surface area contributed by atoms with E-state index in [2.05, 4.69) is 34.4 Å². The Morgan fingerprint density at radius 2 is 2.30 bits per heavy atom. The summed E-state index contributed by atoms with van der Waals surface area (Å²) in [5, 5.41) is 8.68. The molecule has 0 saturated heterocycles. The lowest BCUT2D eigenvalue weighted by Crippen LogP contribution is -2.18. The fraction of sp³-hybridized carbons (Fsp3) is 0.357. The molecule has 0 spiro atoms. The van der Waals surface area contributed by atoms with Gasteiger partial charge in [-0.1, -0.05) is 6.92 Å². The number of carbonyl (C=O) groups excluding carboxylic acids is 1. The van der Waals surface area contributed by atoms with Crippen molar-refractivity contribution in [2.45, 2.75) is 26.8 Å². The number of aryl methyl sites for hydroxylation is 1. The third kappa shape index (κ3) is 3.61. The van der Waals surface area contributed by atoms with Gasteiger partial charge in [-0.15, -0.1) is 11.3 Å². The number of nitrogens with one attached hydrogen (secondary N) is 2. The lowest BCUT2D eigenvalue weighted by molar-refractivity contribution is 0.102. The van der Waals surface area contributed by atoms with Crippen molar-refractivity contribution in [3.05, 3.63) is 40.7 Å². The van der Waals surface area contributed by atoms with Crippen LogP contribution in [0.2, 0.25) is 0 Å². The molecule has 6 heteroatoms.